The van der Waals surface area contributed by atoms with E-state index in [0.29, 0.717) is 12.8 Å². The summed E-state index contributed by atoms with van der Waals surface area (Å²) < 4.78 is 10.7. The second-order valence-corrected chi connectivity index (χ2v) is 7.43. The van der Waals surface area contributed by atoms with Crippen LogP contribution in [0.5, 0.6) is 0 Å². The summed E-state index contributed by atoms with van der Waals surface area (Å²) in [4.78, 5) is 11.7. The second-order valence-electron chi connectivity index (χ2n) is 7.43. The first kappa shape index (κ1) is 25.0. The maximum absolute atomic E-state index is 11.7. The Morgan fingerprint density at radius 1 is 1.14 bits per heavy atom. The number of hydrogen-bond donors (Lipinski definition) is 5. The molecule has 1 heterocycles. The average molecular weight is 404 g/mol. The van der Waals surface area contributed by atoms with Crippen LogP contribution in [0.1, 0.15) is 58.8 Å². The number of aliphatic hydroxyl groups excluding tert-OH is 4. The van der Waals surface area contributed by atoms with Crippen LogP contribution in [0.25, 0.3) is 0 Å². The van der Waals surface area contributed by atoms with Gasteiger partial charge >= 0.3 is 0 Å². The quantitative estimate of drug-likeness (QED) is 0.267. The summed E-state index contributed by atoms with van der Waals surface area (Å²) in [7, 11) is 0. The molecular formula is C20H37NO7. The van der Waals surface area contributed by atoms with Crippen LogP contribution in [0.3, 0.4) is 0 Å². The normalized spacial score (nSPS) is 28.7. The minimum Gasteiger partial charge on any atom is -0.394 e. The van der Waals surface area contributed by atoms with E-state index in [0.717, 1.165) is 37.8 Å². The largest absolute Gasteiger partial charge is 0.394 e. The van der Waals surface area contributed by atoms with E-state index < -0.39 is 37.3 Å². The number of rotatable bonds is 14. The molecule has 0 spiro atoms. The van der Waals surface area contributed by atoms with Gasteiger partial charge in [0.25, 0.3) is 0 Å². The van der Waals surface area contributed by atoms with E-state index in [-0.39, 0.29) is 18.4 Å². The van der Waals surface area contributed by atoms with Crippen molar-refractivity contribution < 1.29 is 34.7 Å². The van der Waals surface area contributed by atoms with Crippen molar-refractivity contribution in [3.63, 3.8) is 0 Å². The second kappa shape index (κ2) is 13.2. The van der Waals surface area contributed by atoms with E-state index >= 15 is 0 Å². The maximum atomic E-state index is 11.7. The Labute approximate surface area is 167 Å². The Morgan fingerprint density at radius 2 is 1.86 bits per heavy atom. The third kappa shape index (κ3) is 8.14. The fraction of sp³-hybridized carbons (Fsp3) is 0.850. The van der Waals surface area contributed by atoms with Gasteiger partial charge in [-0.05, 0) is 32.6 Å². The summed E-state index contributed by atoms with van der Waals surface area (Å²) >= 11 is 0. The fourth-order valence-corrected chi connectivity index (χ4v) is 3.14. The minimum atomic E-state index is -1.43. The van der Waals surface area contributed by atoms with E-state index in [1.54, 1.807) is 6.92 Å². The van der Waals surface area contributed by atoms with Crippen molar-refractivity contribution in [1.82, 2.24) is 5.32 Å². The van der Waals surface area contributed by atoms with Gasteiger partial charge in [-0.15, -0.1) is 0 Å². The van der Waals surface area contributed by atoms with Crippen LogP contribution in [-0.4, -0.2) is 76.2 Å². The van der Waals surface area contributed by atoms with E-state index in [4.69, 9.17) is 14.6 Å². The van der Waals surface area contributed by atoms with Crippen molar-refractivity contribution in [1.29, 1.82) is 0 Å². The number of aliphatic hydroxyl groups is 4. The lowest BCUT2D eigenvalue weighted by atomic mass is 9.99. The Morgan fingerprint density at radius 3 is 2.46 bits per heavy atom. The number of hydrogen-bond acceptors (Lipinski definition) is 8. The van der Waals surface area contributed by atoms with Crippen LogP contribution >= 0.6 is 0 Å². The molecule has 0 bridgehead atoms. The monoisotopic (exact) mass is 403 g/mol. The van der Waals surface area contributed by atoms with E-state index in [1.807, 2.05) is 0 Å². The molecule has 1 saturated heterocycles. The summed E-state index contributed by atoms with van der Waals surface area (Å²) in [5.41, 5.74) is 0.810. The third-order valence-corrected chi connectivity index (χ3v) is 4.97. The Kier molecular flexibility index (Phi) is 11.8. The van der Waals surface area contributed by atoms with E-state index in [9.17, 15) is 20.1 Å². The van der Waals surface area contributed by atoms with Gasteiger partial charge in [0.1, 0.15) is 24.4 Å². The third-order valence-electron chi connectivity index (χ3n) is 4.97. The van der Waals surface area contributed by atoms with Gasteiger partial charge in [0.2, 0.25) is 0 Å². The zero-order valence-electron chi connectivity index (χ0n) is 17.0. The molecule has 6 atom stereocenters. The number of ether oxygens (including phenoxy) is 2. The number of ketones is 1. The van der Waals surface area contributed by atoms with Gasteiger partial charge < -0.3 is 35.2 Å². The molecule has 8 nitrogen and oxygen atoms in total. The number of Topliss-reactive ketones (excluding diaryl/α,β-unsaturated/α-hetero) is 1. The predicted molar refractivity (Wildman–Crippen MR) is 104 cm³/mol. The first-order chi connectivity index (χ1) is 13.3. The molecular weight excluding hydrogens is 366 g/mol. The molecule has 164 valence electrons. The molecule has 8 heteroatoms. The number of allylic oxidation sites excluding steroid dienone is 1. The first-order valence-corrected chi connectivity index (χ1v) is 10.2. The molecule has 0 aromatic carbocycles. The van der Waals surface area contributed by atoms with Crippen LogP contribution in [0.4, 0.5) is 0 Å². The first-order valence-electron chi connectivity index (χ1n) is 10.2. The summed E-state index contributed by atoms with van der Waals surface area (Å²) in [6.07, 6.45) is -0.120. The van der Waals surface area contributed by atoms with Crippen molar-refractivity contribution in [2.24, 2.45) is 0 Å². The number of carbonyl (C=O) groups excluding carboxylic acids is 1. The molecule has 1 aliphatic heterocycles. The van der Waals surface area contributed by atoms with Crippen molar-refractivity contribution in [3.8, 4) is 0 Å². The van der Waals surface area contributed by atoms with Gasteiger partial charge in [-0.3, -0.25) is 4.79 Å². The van der Waals surface area contributed by atoms with Crippen molar-refractivity contribution >= 4 is 5.78 Å². The number of carbonyl (C=O) groups is 1. The predicted octanol–water partition coefficient (Wildman–Crippen LogP) is 0.614. The van der Waals surface area contributed by atoms with Crippen LogP contribution < -0.4 is 5.32 Å². The molecule has 6 unspecified atom stereocenters. The SMILES string of the molecule is C=C(CCCCOC1OC(CO)C(O)C(O)C1O)NC(CCCCC)C(C)=O. The van der Waals surface area contributed by atoms with Gasteiger partial charge in [0.05, 0.1) is 12.6 Å². The molecule has 0 radical (unpaired) electrons. The molecule has 1 rings (SSSR count). The van der Waals surface area contributed by atoms with Crippen molar-refractivity contribution in [2.45, 2.75) is 95.5 Å². The van der Waals surface area contributed by atoms with Crippen LogP contribution in [0, 0.1) is 0 Å². The highest BCUT2D eigenvalue weighted by Gasteiger charge is 2.43. The lowest BCUT2D eigenvalue weighted by Crippen LogP contribution is -2.59. The van der Waals surface area contributed by atoms with E-state index in [2.05, 4.69) is 18.8 Å². The van der Waals surface area contributed by atoms with Crippen LogP contribution in [-0.2, 0) is 14.3 Å². The maximum Gasteiger partial charge on any atom is 0.186 e. The lowest BCUT2D eigenvalue weighted by Gasteiger charge is -2.39. The Balaban J connectivity index is 2.27. The van der Waals surface area contributed by atoms with Gasteiger partial charge in [-0.1, -0.05) is 32.8 Å². The Hall–Kier alpha value is -1.03. The van der Waals surface area contributed by atoms with Crippen LogP contribution in [0.2, 0.25) is 0 Å². The lowest BCUT2D eigenvalue weighted by molar-refractivity contribution is -0.301. The molecule has 5 N–H and O–H groups in total. The highest BCUT2D eigenvalue weighted by Crippen LogP contribution is 2.22. The Bertz CT molecular complexity index is 471. The summed E-state index contributed by atoms with van der Waals surface area (Å²) in [5.74, 6) is 0.114. The van der Waals surface area contributed by atoms with Gasteiger partial charge in [-0.25, -0.2) is 0 Å². The highest BCUT2D eigenvalue weighted by molar-refractivity contribution is 5.81. The van der Waals surface area contributed by atoms with Gasteiger partial charge in [-0.2, -0.15) is 0 Å². The standard InChI is InChI=1S/C20H37NO7/c1-4-5-6-10-15(14(3)23)21-13(2)9-7-8-11-27-20-19(26)18(25)17(24)16(12-22)28-20/h15-22,24-26H,2,4-12H2,1,3H3. The molecule has 1 fully saturated rings. The molecule has 0 aromatic heterocycles. The molecule has 1 aliphatic rings. The van der Waals surface area contributed by atoms with Gasteiger partial charge in [0.15, 0.2) is 12.1 Å². The highest BCUT2D eigenvalue weighted by atomic mass is 16.7. The van der Waals surface area contributed by atoms with Crippen LogP contribution in [0.15, 0.2) is 12.3 Å². The topological polar surface area (TPSA) is 128 Å². The molecule has 28 heavy (non-hydrogen) atoms. The zero-order valence-corrected chi connectivity index (χ0v) is 17.0. The van der Waals surface area contributed by atoms with Gasteiger partial charge in [0, 0.05) is 12.3 Å². The molecule has 0 amide bonds. The minimum absolute atomic E-state index is 0.114. The summed E-state index contributed by atoms with van der Waals surface area (Å²) in [5, 5.41) is 41.7. The van der Waals surface area contributed by atoms with E-state index in [1.165, 1.54) is 0 Å². The number of unbranched alkanes of at least 4 members (excludes halogenated alkanes) is 3. The molecule has 0 aliphatic carbocycles. The molecule has 0 aromatic rings. The zero-order chi connectivity index (χ0) is 21.1. The summed E-state index contributed by atoms with van der Waals surface area (Å²) in [6.45, 7) is 7.50. The smallest absolute Gasteiger partial charge is 0.186 e. The average Bonchev–Trinajstić information content (AvgIpc) is 2.66. The molecule has 0 saturated carbocycles. The van der Waals surface area contributed by atoms with Crippen molar-refractivity contribution in [3.05, 3.63) is 12.3 Å². The fourth-order valence-electron chi connectivity index (χ4n) is 3.14. The number of nitrogens with one attached hydrogen (secondary N) is 1. The van der Waals surface area contributed by atoms with Crippen molar-refractivity contribution in [2.75, 3.05) is 13.2 Å². The summed E-state index contributed by atoms with van der Waals surface area (Å²) in [6, 6.07) is -0.190.